The Bertz CT molecular complexity index is 475. The molecular weight excluding hydrogens is 266 g/mol. The number of methoxy groups -OCH3 is 1. The normalized spacial score (nSPS) is 20.2. The number of aliphatic hydroxyl groups is 1. The van der Waals surface area contributed by atoms with Crippen molar-refractivity contribution in [3.63, 3.8) is 0 Å². The van der Waals surface area contributed by atoms with Crippen molar-refractivity contribution in [2.75, 3.05) is 13.7 Å². The molecule has 0 aromatic heterocycles. The molecule has 0 spiro atoms. The zero-order valence-electron chi connectivity index (χ0n) is 13.3. The molecule has 1 aliphatic carbocycles. The lowest BCUT2D eigenvalue weighted by Gasteiger charge is -2.40. The number of hydrogen-bond acceptors (Lipinski definition) is 4. The Morgan fingerprint density at radius 3 is 2.48 bits per heavy atom. The fourth-order valence-corrected chi connectivity index (χ4v) is 2.87. The number of benzene rings is 1. The summed E-state index contributed by atoms with van der Waals surface area (Å²) in [5, 5.41) is 23.9. The first-order valence-electron chi connectivity index (χ1n) is 7.63. The molecular formula is C17H27NO3. The second-order valence-electron chi connectivity index (χ2n) is 6.96. The summed E-state index contributed by atoms with van der Waals surface area (Å²) in [6.45, 7) is 5.59. The van der Waals surface area contributed by atoms with Crippen molar-refractivity contribution in [1.82, 2.24) is 5.32 Å². The third-order valence-electron chi connectivity index (χ3n) is 4.61. The molecule has 2 rings (SSSR count). The van der Waals surface area contributed by atoms with Crippen LogP contribution in [0.4, 0.5) is 0 Å². The Labute approximate surface area is 127 Å². The van der Waals surface area contributed by atoms with Crippen molar-refractivity contribution in [3.8, 4) is 11.5 Å². The fraction of sp³-hybridized carbons (Fsp3) is 0.647. The van der Waals surface area contributed by atoms with E-state index in [1.54, 1.807) is 13.2 Å². The third-order valence-corrected chi connectivity index (χ3v) is 4.61. The van der Waals surface area contributed by atoms with Crippen LogP contribution in [0.2, 0.25) is 0 Å². The van der Waals surface area contributed by atoms with Gasteiger partial charge in [0, 0.05) is 18.7 Å². The Balaban J connectivity index is 1.87. The quantitative estimate of drug-likeness (QED) is 0.781. The minimum Gasteiger partial charge on any atom is -0.504 e. The molecule has 1 aromatic rings. The van der Waals surface area contributed by atoms with Crippen LogP contribution in [0, 0.1) is 5.41 Å². The minimum absolute atomic E-state index is 0.171. The second-order valence-corrected chi connectivity index (χ2v) is 6.96. The SMILES string of the molecule is COc1cccc(CNCC2(O)CCC(C)(C)CC2)c1O. The van der Waals surface area contributed by atoms with Gasteiger partial charge in [-0.2, -0.15) is 0 Å². The zero-order valence-corrected chi connectivity index (χ0v) is 13.3. The van der Waals surface area contributed by atoms with Gasteiger partial charge in [0.15, 0.2) is 11.5 Å². The molecule has 0 heterocycles. The van der Waals surface area contributed by atoms with E-state index in [0.717, 1.165) is 31.2 Å². The number of aromatic hydroxyl groups is 1. The van der Waals surface area contributed by atoms with Gasteiger partial charge in [-0.15, -0.1) is 0 Å². The van der Waals surface area contributed by atoms with Crippen molar-refractivity contribution in [1.29, 1.82) is 0 Å². The van der Waals surface area contributed by atoms with E-state index >= 15 is 0 Å². The van der Waals surface area contributed by atoms with E-state index in [4.69, 9.17) is 4.74 Å². The fourth-order valence-electron chi connectivity index (χ4n) is 2.87. The lowest BCUT2D eigenvalue weighted by Crippen LogP contribution is -2.44. The van der Waals surface area contributed by atoms with Crippen LogP contribution in [0.5, 0.6) is 11.5 Å². The molecule has 0 bridgehead atoms. The lowest BCUT2D eigenvalue weighted by molar-refractivity contribution is -0.0245. The Morgan fingerprint density at radius 1 is 1.19 bits per heavy atom. The molecule has 0 amide bonds. The summed E-state index contributed by atoms with van der Waals surface area (Å²) in [6, 6.07) is 5.45. The number of nitrogens with one attached hydrogen (secondary N) is 1. The van der Waals surface area contributed by atoms with Gasteiger partial charge >= 0.3 is 0 Å². The van der Waals surface area contributed by atoms with Crippen LogP contribution in [-0.4, -0.2) is 29.5 Å². The molecule has 1 aromatic carbocycles. The van der Waals surface area contributed by atoms with Gasteiger partial charge in [-0.1, -0.05) is 26.0 Å². The van der Waals surface area contributed by atoms with E-state index in [-0.39, 0.29) is 5.75 Å². The Hall–Kier alpha value is -1.26. The third kappa shape index (κ3) is 4.11. The van der Waals surface area contributed by atoms with E-state index < -0.39 is 5.60 Å². The predicted molar refractivity (Wildman–Crippen MR) is 83.6 cm³/mol. The lowest BCUT2D eigenvalue weighted by atomic mass is 9.71. The van der Waals surface area contributed by atoms with E-state index in [1.165, 1.54) is 0 Å². The molecule has 4 nitrogen and oxygen atoms in total. The van der Waals surface area contributed by atoms with Crippen LogP contribution in [-0.2, 0) is 6.54 Å². The van der Waals surface area contributed by atoms with E-state index in [2.05, 4.69) is 19.2 Å². The maximum absolute atomic E-state index is 10.6. The molecule has 3 N–H and O–H groups in total. The molecule has 1 saturated carbocycles. The van der Waals surface area contributed by atoms with Gasteiger partial charge in [0.1, 0.15) is 0 Å². The monoisotopic (exact) mass is 293 g/mol. The van der Waals surface area contributed by atoms with Crippen molar-refractivity contribution < 1.29 is 14.9 Å². The van der Waals surface area contributed by atoms with Crippen LogP contribution >= 0.6 is 0 Å². The largest absolute Gasteiger partial charge is 0.504 e. The van der Waals surface area contributed by atoms with E-state index in [1.807, 2.05) is 12.1 Å². The Kier molecular flexibility index (Phi) is 4.79. The summed E-state index contributed by atoms with van der Waals surface area (Å²) in [5.41, 5.74) is 0.510. The van der Waals surface area contributed by atoms with Crippen molar-refractivity contribution in [3.05, 3.63) is 23.8 Å². The average Bonchev–Trinajstić information content (AvgIpc) is 2.45. The average molecular weight is 293 g/mol. The number of phenols is 1. The van der Waals surface area contributed by atoms with Crippen LogP contribution in [0.15, 0.2) is 18.2 Å². The smallest absolute Gasteiger partial charge is 0.162 e. The maximum atomic E-state index is 10.6. The van der Waals surface area contributed by atoms with Gasteiger partial charge in [0.25, 0.3) is 0 Å². The summed E-state index contributed by atoms with van der Waals surface area (Å²) in [7, 11) is 1.54. The van der Waals surface area contributed by atoms with Crippen molar-refractivity contribution in [2.24, 2.45) is 5.41 Å². The van der Waals surface area contributed by atoms with Crippen LogP contribution in [0.1, 0.15) is 45.1 Å². The van der Waals surface area contributed by atoms with Gasteiger partial charge in [-0.3, -0.25) is 0 Å². The van der Waals surface area contributed by atoms with Gasteiger partial charge < -0.3 is 20.3 Å². The van der Waals surface area contributed by atoms with Crippen molar-refractivity contribution in [2.45, 2.75) is 51.7 Å². The molecule has 21 heavy (non-hydrogen) atoms. The van der Waals surface area contributed by atoms with E-state index in [9.17, 15) is 10.2 Å². The summed E-state index contributed by atoms with van der Waals surface area (Å²) in [5.74, 6) is 0.650. The topological polar surface area (TPSA) is 61.7 Å². The number of rotatable bonds is 5. The predicted octanol–water partition coefficient (Wildman–Crippen LogP) is 2.82. The summed E-state index contributed by atoms with van der Waals surface area (Å²) >= 11 is 0. The Morgan fingerprint density at radius 2 is 1.86 bits per heavy atom. The number of ether oxygens (including phenoxy) is 1. The molecule has 4 heteroatoms. The first-order valence-corrected chi connectivity index (χ1v) is 7.63. The summed E-state index contributed by atoms with van der Waals surface area (Å²) in [6.07, 6.45) is 3.76. The second kappa shape index (κ2) is 6.24. The molecule has 1 aliphatic rings. The van der Waals surface area contributed by atoms with Crippen LogP contribution in [0.25, 0.3) is 0 Å². The highest BCUT2D eigenvalue weighted by Gasteiger charge is 2.36. The van der Waals surface area contributed by atoms with Gasteiger partial charge in [-0.25, -0.2) is 0 Å². The minimum atomic E-state index is -0.621. The highest BCUT2D eigenvalue weighted by Crippen LogP contribution is 2.40. The molecule has 0 saturated heterocycles. The van der Waals surface area contributed by atoms with Gasteiger partial charge in [-0.05, 0) is 37.2 Å². The zero-order chi connectivity index (χ0) is 15.5. The van der Waals surface area contributed by atoms with Crippen LogP contribution < -0.4 is 10.1 Å². The number of para-hydroxylation sites is 1. The van der Waals surface area contributed by atoms with Gasteiger partial charge in [0.2, 0.25) is 0 Å². The first kappa shape index (κ1) is 16.1. The standard InChI is InChI=1S/C17H27NO3/c1-16(2)7-9-17(20,10-8-16)12-18-11-13-5-4-6-14(21-3)15(13)19/h4-6,18-20H,7-12H2,1-3H3. The summed E-state index contributed by atoms with van der Waals surface area (Å²) in [4.78, 5) is 0. The number of hydrogen-bond donors (Lipinski definition) is 3. The molecule has 1 fully saturated rings. The highest BCUT2D eigenvalue weighted by atomic mass is 16.5. The van der Waals surface area contributed by atoms with Crippen molar-refractivity contribution >= 4 is 0 Å². The molecule has 118 valence electrons. The maximum Gasteiger partial charge on any atom is 0.162 e. The van der Waals surface area contributed by atoms with E-state index in [0.29, 0.717) is 24.3 Å². The molecule has 0 atom stereocenters. The molecule has 0 unspecified atom stereocenters. The number of phenolic OH excluding ortho intramolecular Hbond substituents is 1. The van der Waals surface area contributed by atoms with Crippen LogP contribution in [0.3, 0.4) is 0 Å². The molecule has 0 aliphatic heterocycles. The van der Waals surface area contributed by atoms with Gasteiger partial charge in [0.05, 0.1) is 12.7 Å². The molecule has 0 radical (unpaired) electrons. The highest BCUT2D eigenvalue weighted by molar-refractivity contribution is 5.45. The summed E-state index contributed by atoms with van der Waals surface area (Å²) < 4.78 is 5.10. The first-order chi connectivity index (χ1) is 9.85.